The standard InChI is InChI=1S/C26H30F2N4O3Si/c1-31-14-19(17-9-10-32(24(17)26(31)33)15-34-11-12-36(2,3)4)18-6-7-21(29)23(30)25(18)35-22-8-5-16(27)13-20(22)28/h5-10,13-14H,11-12,15,29-30H2,1-4H3. The molecule has 0 spiro atoms. The van der Waals surface area contributed by atoms with Gasteiger partial charge in [-0.2, -0.15) is 0 Å². The van der Waals surface area contributed by atoms with E-state index in [9.17, 15) is 13.6 Å². The summed E-state index contributed by atoms with van der Waals surface area (Å²) in [6.07, 6.45) is 3.46. The zero-order valence-corrected chi connectivity index (χ0v) is 21.8. The highest BCUT2D eigenvalue weighted by atomic mass is 28.3. The highest BCUT2D eigenvalue weighted by Gasteiger charge is 2.21. The quantitative estimate of drug-likeness (QED) is 0.183. The Bertz CT molecular complexity index is 1490. The van der Waals surface area contributed by atoms with E-state index in [4.69, 9.17) is 20.9 Å². The number of benzene rings is 2. The largest absolute Gasteiger partial charge is 0.451 e. The Kier molecular flexibility index (Phi) is 6.92. The second-order valence-electron chi connectivity index (χ2n) is 9.98. The molecule has 0 unspecified atom stereocenters. The first kappa shape index (κ1) is 25.5. The molecule has 2 aromatic heterocycles. The van der Waals surface area contributed by atoms with Gasteiger partial charge in [0.2, 0.25) is 0 Å². The van der Waals surface area contributed by atoms with Crippen LogP contribution in [-0.4, -0.2) is 23.8 Å². The Balaban J connectivity index is 1.80. The molecule has 0 fully saturated rings. The van der Waals surface area contributed by atoms with Crippen LogP contribution in [0.1, 0.15) is 0 Å². The first-order valence-electron chi connectivity index (χ1n) is 11.5. The maximum Gasteiger partial charge on any atom is 0.274 e. The van der Waals surface area contributed by atoms with Gasteiger partial charge in [0.25, 0.3) is 5.56 Å². The number of nitrogens with two attached hydrogens (primary N) is 2. The van der Waals surface area contributed by atoms with Crippen molar-refractivity contribution in [1.82, 2.24) is 9.13 Å². The van der Waals surface area contributed by atoms with Gasteiger partial charge in [-0.25, -0.2) is 8.78 Å². The summed E-state index contributed by atoms with van der Waals surface area (Å²) in [5.74, 6) is -1.70. The summed E-state index contributed by atoms with van der Waals surface area (Å²) >= 11 is 0. The second-order valence-corrected chi connectivity index (χ2v) is 15.6. The molecule has 0 radical (unpaired) electrons. The molecule has 10 heteroatoms. The third-order valence-corrected chi connectivity index (χ3v) is 7.66. The number of ether oxygens (including phenoxy) is 2. The lowest BCUT2D eigenvalue weighted by atomic mass is 10.0. The Morgan fingerprint density at radius 3 is 2.47 bits per heavy atom. The maximum atomic E-state index is 14.4. The van der Waals surface area contributed by atoms with E-state index >= 15 is 0 Å². The fourth-order valence-corrected chi connectivity index (χ4v) is 4.64. The summed E-state index contributed by atoms with van der Waals surface area (Å²) in [5.41, 5.74) is 14.0. The molecule has 0 saturated heterocycles. The number of pyridine rings is 1. The number of nitrogen functional groups attached to an aromatic ring is 2. The van der Waals surface area contributed by atoms with Crippen LogP contribution >= 0.6 is 0 Å². The molecule has 0 saturated carbocycles. The van der Waals surface area contributed by atoms with Crippen molar-refractivity contribution in [3.63, 3.8) is 0 Å². The summed E-state index contributed by atoms with van der Waals surface area (Å²) in [6, 6.07) is 9.15. The predicted molar refractivity (Wildman–Crippen MR) is 142 cm³/mol. The van der Waals surface area contributed by atoms with Crippen LogP contribution in [0.2, 0.25) is 25.7 Å². The van der Waals surface area contributed by atoms with E-state index in [0.717, 1.165) is 18.2 Å². The molecule has 0 aliphatic rings. The van der Waals surface area contributed by atoms with Crippen LogP contribution in [-0.2, 0) is 18.5 Å². The van der Waals surface area contributed by atoms with E-state index in [1.54, 1.807) is 36.1 Å². The van der Waals surface area contributed by atoms with Crippen LogP contribution in [0.25, 0.3) is 22.0 Å². The summed E-state index contributed by atoms with van der Waals surface area (Å²) in [7, 11) is 0.403. The number of aryl methyl sites for hydroxylation is 1. The minimum atomic E-state index is -1.25. The molecule has 4 rings (SSSR count). The van der Waals surface area contributed by atoms with E-state index in [1.165, 1.54) is 10.6 Å². The summed E-state index contributed by atoms with van der Waals surface area (Å²) in [5, 5.41) is 0.653. The van der Waals surface area contributed by atoms with Gasteiger partial charge in [0, 0.05) is 56.7 Å². The second kappa shape index (κ2) is 9.79. The van der Waals surface area contributed by atoms with Gasteiger partial charge < -0.3 is 30.1 Å². The Morgan fingerprint density at radius 2 is 1.78 bits per heavy atom. The van der Waals surface area contributed by atoms with E-state index in [-0.39, 0.29) is 35.2 Å². The van der Waals surface area contributed by atoms with Gasteiger partial charge in [0.1, 0.15) is 18.1 Å². The SMILES string of the molecule is Cn1cc(-c2ccc(N)c(N)c2Oc2ccc(F)cc2F)c2ccn(COCC[Si](C)(C)C)c2c1=O. The normalized spacial score (nSPS) is 11.8. The lowest BCUT2D eigenvalue weighted by molar-refractivity contribution is 0.0901. The Labute approximate surface area is 208 Å². The van der Waals surface area contributed by atoms with Crippen molar-refractivity contribution in [2.75, 3.05) is 18.1 Å². The molecule has 36 heavy (non-hydrogen) atoms. The minimum absolute atomic E-state index is 0.104. The number of halogens is 2. The van der Waals surface area contributed by atoms with E-state index in [0.29, 0.717) is 28.6 Å². The first-order chi connectivity index (χ1) is 17.0. The van der Waals surface area contributed by atoms with Crippen molar-refractivity contribution in [2.45, 2.75) is 32.4 Å². The third-order valence-electron chi connectivity index (χ3n) is 5.95. The smallest absolute Gasteiger partial charge is 0.274 e. The molecular formula is C26H30F2N4O3Si. The number of rotatable bonds is 8. The van der Waals surface area contributed by atoms with Gasteiger partial charge in [-0.05, 0) is 36.4 Å². The van der Waals surface area contributed by atoms with Crippen LogP contribution in [0.3, 0.4) is 0 Å². The number of aromatic nitrogens is 2. The summed E-state index contributed by atoms with van der Waals surface area (Å²) in [4.78, 5) is 13.1. The zero-order chi connectivity index (χ0) is 26.2. The van der Waals surface area contributed by atoms with Crippen LogP contribution < -0.4 is 21.8 Å². The Morgan fingerprint density at radius 1 is 1.03 bits per heavy atom. The molecule has 0 aliphatic heterocycles. The van der Waals surface area contributed by atoms with Gasteiger partial charge in [0.15, 0.2) is 17.3 Å². The number of anilines is 2. The van der Waals surface area contributed by atoms with Crippen LogP contribution in [0, 0.1) is 11.6 Å². The van der Waals surface area contributed by atoms with E-state index in [2.05, 4.69) is 19.6 Å². The monoisotopic (exact) mass is 512 g/mol. The van der Waals surface area contributed by atoms with Crippen molar-refractivity contribution >= 4 is 30.4 Å². The number of hydrogen-bond acceptors (Lipinski definition) is 5. The lowest BCUT2D eigenvalue weighted by Crippen LogP contribution is -2.23. The topological polar surface area (TPSA) is 97.4 Å². The summed E-state index contributed by atoms with van der Waals surface area (Å²) < 4.78 is 42.8. The molecule has 0 amide bonds. The van der Waals surface area contributed by atoms with Crippen molar-refractivity contribution in [3.05, 3.63) is 70.8 Å². The van der Waals surface area contributed by atoms with Gasteiger partial charge in [-0.1, -0.05) is 19.6 Å². The molecule has 2 aromatic carbocycles. The minimum Gasteiger partial charge on any atom is -0.451 e. The third kappa shape index (κ3) is 5.14. The molecular weight excluding hydrogens is 482 g/mol. The number of nitrogens with zero attached hydrogens (tertiary/aromatic N) is 2. The van der Waals surface area contributed by atoms with Crippen molar-refractivity contribution in [1.29, 1.82) is 0 Å². The van der Waals surface area contributed by atoms with E-state index < -0.39 is 19.7 Å². The van der Waals surface area contributed by atoms with Gasteiger partial charge in [-0.3, -0.25) is 4.79 Å². The summed E-state index contributed by atoms with van der Waals surface area (Å²) in [6.45, 7) is 7.68. The molecule has 4 N–H and O–H groups in total. The molecule has 2 heterocycles. The molecule has 0 atom stereocenters. The molecule has 4 aromatic rings. The lowest BCUT2D eigenvalue weighted by Gasteiger charge is -2.17. The van der Waals surface area contributed by atoms with Gasteiger partial charge in [0.05, 0.1) is 11.4 Å². The van der Waals surface area contributed by atoms with Gasteiger partial charge >= 0.3 is 0 Å². The highest BCUT2D eigenvalue weighted by molar-refractivity contribution is 6.76. The van der Waals surface area contributed by atoms with Crippen LogP contribution in [0.4, 0.5) is 20.2 Å². The Hall–Kier alpha value is -3.63. The van der Waals surface area contributed by atoms with Crippen molar-refractivity contribution in [3.8, 4) is 22.6 Å². The first-order valence-corrected chi connectivity index (χ1v) is 15.2. The maximum absolute atomic E-state index is 14.4. The number of fused-ring (bicyclic) bond motifs is 1. The van der Waals surface area contributed by atoms with Crippen molar-refractivity contribution in [2.24, 2.45) is 7.05 Å². The molecule has 7 nitrogen and oxygen atoms in total. The average molecular weight is 513 g/mol. The highest BCUT2D eigenvalue weighted by Crippen LogP contribution is 2.43. The zero-order valence-electron chi connectivity index (χ0n) is 20.8. The van der Waals surface area contributed by atoms with E-state index in [1.807, 2.05) is 6.07 Å². The predicted octanol–water partition coefficient (Wildman–Crippen LogP) is 5.55. The van der Waals surface area contributed by atoms with Gasteiger partial charge in [-0.15, -0.1) is 0 Å². The van der Waals surface area contributed by atoms with Crippen LogP contribution in [0.15, 0.2) is 53.6 Å². The number of hydrogen-bond donors (Lipinski definition) is 2. The fourth-order valence-electron chi connectivity index (χ4n) is 3.89. The molecule has 0 bridgehead atoms. The average Bonchev–Trinajstić information content (AvgIpc) is 3.22. The van der Waals surface area contributed by atoms with Crippen LogP contribution in [0.5, 0.6) is 11.5 Å². The van der Waals surface area contributed by atoms with Crippen molar-refractivity contribution < 1.29 is 18.3 Å². The fraction of sp³-hybridized carbons (Fsp3) is 0.269. The molecule has 190 valence electrons. The molecule has 0 aliphatic carbocycles.